The van der Waals surface area contributed by atoms with E-state index in [1.807, 2.05) is 12.1 Å². The summed E-state index contributed by atoms with van der Waals surface area (Å²) in [5.74, 6) is -0.999. The molecule has 0 radical (unpaired) electrons. The second-order valence-electron chi connectivity index (χ2n) is 16.3. The molecule has 1 amide bonds. The van der Waals surface area contributed by atoms with Crippen molar-refractivity contribution in [3.8, 4) is 11.5 Å². The van der Waals surface area contributed by atoms with Crippen molar-refractivity contribution >= 4 is 11.8 Å². The minimum atomic E-state index is -1.46. The highest BCUT2D eigenvalue weighted by Gasteiger charge is 2.65. The van der Waals surface area contributed by atoms with Gasteiger partial charge in [0.1, 0.15) is 30.0 Å². The Bertz CT molecular complexity index is 1760. The van der Waals surface area contributed by atoms with Gasteiger partial charge in [0.2, 0.25) is 12.1 Å². The molecule has 2 aromatic carbocycles. The number of unbranched alkanes of at least 4 members (excludes halogenated alkanes) is 2. The van der Waals surface area contributed by atoms with Gasteiger partial charge in [0, 0.05) is 63.7 Å². The summed E-state index contributed by atoms with van der Waals surface area (Å²) >= 11 is 0. The Hall–Kier alpha value is -4.01. The first kappa shape index (κ1) is 43.1. The molecule has 5 aliphatic rings. The molecular formula is C46H62FN3O9. The fourth-order valence-corrected chi connectivity index (χ4v) is 9.54. The highest BCUT2D eigenvalue weighted by Crippen LogP contribution is 2.62. The molecular weight excluding hydrogens is 758 g/mol. The molecule has 3 aliphatic heterocycles. The van der Waals surface area contributed by atoms with Crippen molar-refractivity contribution in [1.82, 2.24) is 9.80 Å². The highest BCUT2D eigenvalue weighted by molar-refractivity contribution is 6.03. The molecule has 2 aromatic rings. The van der Waals surface area contributed by atoms with Crippen molar-refractivity contribution in [1.29, 1.82) is 0 Å². The van der Waals surface area contributed by atoms with E-state index >= 15 is 0 Å². The zero-order valence-corrected chi connectivity index (χ0v) is 34.5. The second kappa shape index (κ2) is 20.5. The molecule has 0 aromatic heterocycles. The smallest absolute Gasteiger partial charge is 0.410 e. The van der Waals surface area contributed by atoms with E-state index in [-0.39, 0.29) is 63.0 Å². The fraction of sp³-hybridized carbons (Fsp3) is 0.609. The van der Waals surface area contributed by atoms with Gasteiger partial charge in [0.05, 0.1) is 31.5 Å². The van der Waals surface area contributed by atoms with E-state index in [9.17, 15) is 19.4 Å². The minimum Gasteiger partial charge on any atom is -0.492 e. The number of carbonyl (C=O) groups is 1. The lowest BCUT2D eigenvalue weighted by molar-refractivity contribution is -0.256. The van der Waals surface area contributed by atoms with Gasteiger partial charge in [-0.1, -0.05) is 42.3 Å². The van der Waals surface area contributed by atoms with E-state index in [1.54, 1.807) is 30.0 Å². The van der Waals surface area contributed by atoms with Crippen LogP contribution >= 0.6 is 0 Å². The van der Waals surface area contributed by atoms with Gasteiger partial charge in [0.25, 0.3) is 0 Å². The maximum absolute atomic E-state index is 14.4. The van der Waals surface area contributed by atoms with Crippen LogP contribution in [0.5, 0.6) is 11.5 Å². The summed E-state index contributed by atoms with van der Waals surface area (Å²) in [5.41, 5.74) is 3.30. The molecule has 59 heavy (non-hydrogen) atoms. The Morgan fingerprint density at radius 1 is 1.08 bits per heavy atom. The Morgan fingerprint density at radius 3 is 2.59 bits per heavy atom. The standard InChI is InChI=1S/C46H62FN3O9/c1-3-25-57-46-41(50(45(53)54-4-2)31-32-14-16-34(47)17-15-32)30-39(48-59-42-13-7-10-26-56-42)37-28-33(11-5-8-23-51)36(12-6-9-24-52)43(44(37)46)38-29-35(18-19-40(38)58-46)55-27-22-49-20-21-49/h3,14-19,28-29,33,36,41-44,51-52H,1,4-13,20-27,30-31H2,2H3/t33-,36+,41-,42?,43+,44+,46+/m0/s1. The minimum absolute atomic E-state index is 0.0620. The lowest BCUT2D eigenvalue weighted by atomic mass is 9.55. The number of carbonyl (C=O) groups excluding carboxylic acids is 1. The number of rotatable bonds is 21. The van der Waals surface area contributed by atoms with Crippen LogP contribution in [-0.2, 0) is 25.6 Å². The number of ether oxygens (including phenoxy) is 5. The van der Waals surface area contributed by atoms with Gasteiger partial charge in [-0.05, 0) is 98.8 Å². The van der Waals surface area contributed by atoms with Crippen LogP contribution in [0.15, 0.2) is 71.9 Å². The summed E-state index contributed by atoms with van der Waals surface area (Å²) in [5, 5.41) is 24.7. The van der Waals surface area contributed by atoms with Crippen LogP contribution in [0.3, 0.4) is 0 Å². The molecule has 1 saturated carbocycles. The first-order valence-corrected chi connectivity index (χ1v) is 21.8. The van der Waals surface area contributed by atoms with Crippen LogP contribution in [-0.4, -0.2) is 109 Å². The van der Waals surface area contributed by atoms with Gasteiger partial charge < -0.3 is 38.7 Å². The number of benzene rings is 2. The number of halogens is 1. The van der Waals surface area contributed by atoms with Crippen molar-refractivity contribution in [3.05, 3.63) is 83.7 Å². The zero-order valence-electron chi connectivity index (χ0n) is 34.5. The summed E-state index contributed by atoms with van der Waals surface area (Å²) in [7, 11) is 0. The number of amides is 1. The predicted octanol–water partition coefficient (Wildman–Crippen LogP) is 7.34. The number of aliphatic hydroxyl groups is 2. The molecule has 2 N–H and O–H groups in total. The Balaban J connectivity index is 1.42. The maximum Gasteiger partial charge on any atom is 0.410 e. The summed E-state index contributed by atoms with van der Waals surface area (Å²) in [6, 6.07) is 11.3. The lowest BCUT2D eigenvalue weighted by Gasteiger charge is -2.59. The SMILES string of the molecule is C=CCO[C@@]12Oc3ccc(OCCN4CC4)cc3[C@H]3[C@H](CCCCO)[C@@H](CCCCO)C=C(C(=NOC4CCCCO4)C[C@@H]1N(Cc1ccc(F)cc1)C(=O)OCC)[C@H]32. The van der Waals surface area contributed by atoms with Gasteiger partial charge in [-0.2, -0.15) is 0 Å². The molecule has 3 fully saturated rings. The molecule has 7 atom stereocenters. The molecule has 2 aliphatic carbocycles. The molecule has 7 rings (SSSR count). The molecule has 322 valence electrons. The Labute approximate surface area is 347 Å². The van der Waals surface area contributed by atoms with Gasteiger partial charge in [-0.3, -0.25) is 9.80 Å². The van der Waals surface area contributed by atoms with Crippen molar-refractivity contribution in [2.45, 2.75) is 102 Å². The van der Waals surface area contributed by atoms with E-state index in [0.29, 0.717) is 49.5 Å². The van der Waals surface area contributed by atoms with Crippen molar-refractivity contribution in [2.24, 2.45) is 22.9 Å². The summed E-state index contributed by atoms with van der Waals surface area (Å²) in [4.78, 5) is 24.6. The number of hydrogen-bond donors (Lipinski definition) is 2. The van der Waals surface area contributed by atoms with Crippen LogP contribution in [0.4, 0.5) is 9.18 Å². The van der Waals surface area contributed by atoms with Crippen LogP contribution in [0.2, 0.25) is 0 Å². The van der Waals surface area contributed by atoms with Crippen LogP contribution < -0.4 is 9.47 Å². The quantitative estimate of drug-likeness (QED) is 0.0571. The first-order valence-electron chi connectivity index (χ1n) is 21.8. The number of nitrogens with zero attached hydrogens (tertiary/aromatic N) is 3. The van der Waals surface area contributed by atoms with Gasteiger partial charge in [-0.15, -0.1) is 6.58 Å². The van der Waals surface area contributed by atoms with Crippen LogP contribution in [0, 0.1) is 23.6 Å². The van der Waals surface area contributed by atoms with E-state index in [0.717, 1.165) is 75.0 Å². The van der Waals surface area contributed by atoms with Gasteiger partial charge >= 0.3 is 6.09 Å². The molecule has 3 heterocycles. The average molecular weight is 820 g/mol. The van der Waals surface area contributed by atoms with E-state index in [1.165, 1.54) is 12.1 Å². The summed E-state index contributed by atoms with van der Waals surface area (Å²) in [6.07, 6.45) is 10.4. The van der Waals surface area contributed by atoms with Crippen molar-refractivity contribution in [2.75, 3.05) is 59.3 Å². The van der Waals surface area contributed by atoms with Crippen LogP contribution in [0.25, 0.3) is 0 Å². The van der Waals surface area contributed by atoms with Crippen molar-refractivity contribution in [3.63, 3.8) is 0 Å². The van der Waals surface area contributed by atoms with Gasteiger partial charge in [0.15, 0.2) is 0 Å². The maximum atomic E-state index is 14.4. The predicted molar refractivity (Wildman–Crippen MR) is 221 cm³/mol. The average Bonchev–Trinajstić information content (AvgIpc) is 4.08. The molecule has 13 heteroatoms. The van der Waals surface area contributed by atoms with Crippen LogP contribution in [0.1, 0.15) is 88.2 Å². The highest BCUT2D eigenvalue weighted by atomic mass is 19.1. The number of aliphatic hydroxyl groups excluding tert-OH is 2. The normalized spacial score (nSPS) is 27.8. The molecule has 0 bridgehead atoms. The number of fused-ring (bicyclic) bond motifs is 2. The second-order valence-corrected chi connectivity index (χ2v) is 16.3. The number of allylic oxidation sites excluding steroid dienone is 1. The van der Waals surface area contributed by atoms with Crippen molar-refractivity contribution < 1.29 is 47.9 Å². The third-order valence-electron chi connectivity index (χ3n) is 12.4. The van der Waals surface area contributed by atoms with Gasteiger partial charge in [-0.25, -0.2) is 9.18 Å². The zero-order chi connectivity index (χ0) is 41.2. The molecule has 2 saturated heterocycles. The number of hydrogen-bond acceptors (Lipinski definition) is 11. The van der Waals surface area contributed by atoms with E-state index < -0.39 is 30.1 Å². The lowest BCUT2D eigenvalue weighted by Crippen LogP contribution is -2.70. The molecule has 12 nitrogen and oxygen atoms in total. The third-order valence-corrected chi connectivity index (χ3v) is 12.4. The van der Waals surface area contributed by atoms with E-state index in [4.69, 9.17) is 33.7 Å². The largest absolute Gasteiger partial charge is 0.492 e. The summed E-state index contributed by atoms with van der Waals surface area (Å²) < 4.78 is 46.7. The number of oxime groups is 1. The van der Waals surface area contributed by atoms with E-state index in [2.05, 4.69) is 23.6 Å². The Kier molecular flexibility index (Phi) is 15.0. The Morgan fingerprint density at radius 2 is 1.88 bits per heavy atom. The monoisotopic (exact) mass is 819 g/mol. The first-order chi connectivity index (χ1) is 28.9. The summed E-state index contributed by atoms with van der Waals surface area (Å²) in [6.45, 7) is 10.5. The topological polar surface area (TPSA) is 132 Å². The molecule has 0 spiro atoms. The third kappa shape index (κ3) is 10.1. The fourth-order valence-electron chi connectivity index (χ4n) is 9.54. The molecule has 1 unspecified atom stereocenters.